The highest BCUT2D eigenvalue weighted by molar-refractivity contribution is 7.89. The molecule has 156 valence electrons. The quantitative estimate of drug-likeness (QED) is 0.380. The van der Waals surface area contributed by atoms with Gasteiger partial charge in [0.1, 0.15) is 4.90 Å². The maximum Gasteiger partial charge on any atom is 0.367 e. The smallest absolute Gasteiger partial charge is 0.367 e. The normalized spacial score (nSPS) is 11.4. The van der Waals surface area contributed by atoms with Gasteiger partial charge in [-0.25, -0.2) is 18.4 Å². The molecular weight excluding hydrogens is 447 g/mol. The number of hydrogen-bond acceptors (Lipinski definition) is 8. The lowest BCUT2D eigenvalue weighted by Gasteiger charge is -2.13. The lowest BCUT2D eigenvalue weighted by molar-refractivity contribution is 0.0519. The van der Waals surface area contributed by atoms with Crippen molar-refractivity contribution >= 4 is 45.4 Å². The SMILES string of the molecule is COc1ccc(/C=N/OC(=O)c2cc(S(N)(=O)=O)c(Cl)cc2Cl)c(OC)c1OC. The summed E-state index contributed by atoms with van der Waals surface area (Å²) >= 11 is 11.7. The first-order valence-corrected chi connectivity index (χ1v) is 9.99. The van der Waals surface area contributed by atoms with Crippen LogP contribution in [0.25, 0.3) is 0 Å². The number of oxime groups is 1. The van der Waals surface area contributed by atoms with E-state index in [4.69, 9.17) is 47.4 Å². The second kappa shape index (κ2) is 9.31. The Bertz CT molecular complexity index is 1070. The van der Waals surface area contributed by atoms with Crippen LogP contribution in [-0.4, -0.2) is 41.9 Å². The van der Waals surface area contributed by atoms with Crippen molar-refractivity contribution in [3.8, 4) is 17.2 Å². The maximum absolute atomic E-state index is 12.2. The molecule has 0 aliphatic carbocycles. The Kier molecular flexibility index (Phi) is 7.31. The summed E-state index contributed by atoms with van der Waals surface area (Å²) in [7, 11) is 0.156. The zero-order chi connectivity index (χ0) is 21.8. The molecule has 0 saturated carbocycles. The zero-order valence-corrected chi connectivity index (χ0v) is 17.8. The number of nitrogens with zero attached hydrogens (tertiary/aromatic N) is 1. The number of carbonyl (C=O) groups is 1. The van der Waals surface area contributed by atoms with Crippen LogP contribution in [0.15, 0.2) is 34.3 Å². The monoisotopic (exact) mass is 462 g/mol. The molecule has 0 heterocycles. The Labute approximate surface area is 176 Å². The van der Waals surface area contributed by atoms with E-state index in [2.05, 4.69) is 5.16 Å². The van der Waals surface area contributed by atoms with Gasteiger partial charge >= 0.3 is 5.97 Å². The molecule has 0 aromatic heterocycles. The molecule has 0 amide bonds. The molecule has 29 heavy (non-hydrogen) atoms. The molecule has 0 bridgehead atoms. The van der Waals surface area contributed by atoms with Crippen LogP contribution in [0.3, 0.4) is 0 Å². The van der Waals surface area contributed by atoms with Gasteiger partial charge in [-0.3, -0.25) is 0 Å². The molecule has 0 radical (unpaired) electrons. The van der Waals surface area contributed by atoms with E-state index in [1.165, 1.54) is 27.5 Å². The molecule has 2 aromatic rings. The van der Waals surface area contributed by atoms with Crippen LogP contribution in [0, 0.1) is 0 Å². The van der Waals surface area contributed by atoms with Crippen molar-refractivity contribution in [2.45, 2.75) is 4.90 Å². The van der Waals surface area contributed by atoms with Crippen LogP contribution >= 0.6 is 23.2 Å². The third kappa shape index (κ3) is 5.10. The predicted octanol–water partition coefficient (Wildman–Crippen LogP) is 2.86. The summed E-state index contributed by atoms with van der Waals surface area (Å²) in [6.45, 7) is 0. The van der Waals surface area contributed by atoms with Gasteiger partial charge in [0.15, 0.2) is 11.5 Å². The molecule has 0 aliphatic heterocycles. The number of nitrogens with two attached hydrogens (primary N) is 1. The second-order valence-corrected chi connectivity index (χ2v) is 7.69. The topological polar surface area (TPSA) is 127 Å². The summed E-state index contributed by atoms with van der Waals surface area (Å²) in [4.78, 5) is 16.6. The van der Waals surface area contributed by atoms with E-state index < -0.39 is 20.9 Å². The first-order valence-electron chi connectivity index (χ1n) is 7.69. The molecule has 0 unspecified atom stereocenters. The summed E-state index contributed by atoms with van der Waals surface area (Å²) < 4.78 is 38.8. The number of methoxy groups -OCH3 is 3. The summed E-state index contributed by atoms with van der Waals surface area (Å²) in [6.07, 6.45) is 1.20. The third-order valence-corrected chi connectivity index (χ3v) is 5.30. The average Bonchev–Trinajstić information content (AvgIpc) is 2.66. The van der Waals surface area contributed by atoms with Gasteiger partial charge in [0, 0.05) is 5.56 Å². The number of benzene rings is 2. The van der Waals surface area contributed by atoms with Crippen LogP contribution < -0.4 is 19.3 Å². The largest absolute Gasteiger partial charge is 0.493 e. The van der Waals surface area contributed by atoms with E-state index in [9.17, 15) is 13.2 Å². The lowest BCUT2D eigenvalue weighted by Crippen LogP contribution is -2.14. The molecule has 12 heteroatoms. The summed E-state index contributed by atoms with van der Waals surface area (Å²) in [5.41, 5.74) is 0.141. The fourth-order valence-corrected chi connectivity index (χ4v) is 3.71. The molecule has 9 nitrogen and oxygen atoms in total. The van der Waals surface area contributed by atoms with Crippen LogP contribution in [0.5, 0.6) is 17.2 Å². The molecule has 0 aliphatic rings. The fraction of sp³-hybridized carbons (Fsp3) is 0.176. The first kappa shape index (κ1) is 22.8. The standard InChI is InChI=1S/C17H16Cl2N2O7S/c1-25-13-5-4-9(15(26-2)16(13)27-3)8-21-28-17(22)10-6-14(29(20,23)24)12(19)7-11(10)18/h4-8H,1-3H3,(H2,20,23,24)/b21-8+. The second-order valence-electron chi connectivity index (χ2n) is 5.34. The van der Waals surface area contributed by atoms with Crippen LogP contribution in [0.1, 0.15) is 15.9 Å². The van der Waals surface area contributed by atoms with Crippen LogP contribution in [0.4, 0.5) is 0 Å². The predicted molar refractivity (Wildman–Crippen MR) is 107 cm³/mol. The Morgan fingerprint density at radius 2 is 1.69 bits per heavy atom. The number of carbonyl (C=O) groups excluding carboxylic acids is 1. The van der Waals surface area contributed by atoms with Crippen molar-refractivity contribution in [2.75, 3.05) is 21.3 Å². The van der Waals surface area contributed by atoms with E-state index in [1.807, 2.05) is 0 Å². The molecule has 2 N–H and O–H groups in total. The Morgan fingerprint density at radius 3 is 2.24 bits per heavy atom. The number of hydrogen-bond donors (Lipinski definition) is 1. The van der Waals surface area contributed by atoms with E-state index in [1.54, 1.807) is 12.1 Å². The van der Waals surface area contributed by atoms with Gasteiger partial charge in [-0.15, -0.1) is 0 Å². The number of ether oxygens (including phenoxy) is 3. The minimum atomic E-state index is -4.17. The van der Waals surface area contributed by atoms with Crippen molar-refractivity contribution in [3.05, 3.63) is 45.4 Å². The highest BCUT2D eigenvalue weighted by atomic mass is 35.5. The highest BCUT2D eigenvalue weighted by Gasteiger charge is 2.21. The van der Waals surface area contributed by atoms with E-state index in [0.717, 1.165) is 12.1 Å². The van der Waals surface area contributed by atoms with Crippen molar-refractivity contribution in [1.29, 1.82) is 0 Å². The number of primary sulfonamides is 1. The molecule has 2 rings (SSSR count). The highest BCUT2D eigenvalue weighted by Crippen LogP contribution is 2.39. The van der Waals surface area contributed by atoms with Gasteiger partial charge in [-0.05, 0) is 24.3 Å². The average molecular weight is 463 g/mol. The van der Waals surface area contributed by atoms with Crippen molar-refractivity contribution in [1.82, 2.24) is 0 Å². The minimum Gasteiger partial charge on any atom is -0.493 e. The van der Waals surface area contributed by atoms with Crippen molar-refractivity contribution in [2.24, 2.45) is 10.3 Å². The van der Waals surface area contributed by atoms with Gasteiger partial charge in [-0.2, -0.15) is 0 Å². The van der Waals surface area contributed by atoms with Crippen molar-refractivity contribution < 1.29 is 32.3 Å². The summed E-state index contributed by atoms with van der Waals surface area (Å²) in [5.74, 6) is 0.0331. The fourth-order valence-electron chi connectivity index (χ4n) is 2.31. The van der Waals surface area contributed by atoms with E-state index in [-0.39, 0.29) is 15.6 Å². The zero-order valence-electron chi connectivity index (χ0n) is 15.4. The summed E-state index contributed by atoms with van der Waals surface area (Å²) in [5, 5.41) is 8.29. The van der Waals surface area contributed by atoms with E-state index in [0.29, 0.717) is 22.8 Å². The number of sulfonamides is 1. The van der Waals surface area contributed by atoms with Gasteiger partial charge in [-0.1, -0.05) is 28.4 Å². The first-order chi connectivity index (χ1) is 13.6. The third-order valence-electron chi connectivity index (χ3n) is 3.61. The van der Waals surface area contributed by atoms with Crippen molar-refractivity contribution in [3.63, 3.8) is 0 Å². The van der Waals surface area contributed by atoms with Gasteiger partial charge in [0.05, 0.1) is 43.2 Å². The molecule has 0 fully saturated rings. The van der Waals surface area contributed by atoms with E-state index >= 15 is 0 Å². The molecular formula is C17H16Cl2N2O7S. The molecule has 2 aromatic carbocycles. The maximum atomic E-state index is 12.2. The Balaban J connectivity index is 2.31. The Hall–Kier alpha value is -2.53. The Morgan fingerprint density at radius 1 is 1.03 bits per heavy atom. The lowest BCUT2D eigenvalue weighted by atomic mass is 10.2. The van der Waals surface area contributed by atoms with Crippen LogP contribution in [0.2, 0.25) is 10.0 Å². The van der Waals surface area contributed by atoms with Gasteiger partial charge in [0.2, 0.25) is 15.8 Å². The van der Waals surface area contributed by atoms with Gasteiger partial charge in [0.25, 0.3) is 0 Å². The summed E-state index contributed by atoms with van der Waals surface area (Å²) in [6, 6.07) is 5.19. The van der Waals surface area contributed by atoms with Crippen LogP contribution in [-0.2, 0) is 14.9 Å². The minimum absolute atomic E-state index is 0.133. The van der Waals surface area contributed by atoms with Gasteiger partial charge < -0.3 is 19.0 Å². The molecule has 0 spiro atoms. The number of rotatable bonds is 7. The molecule has 0 atom stereocenters. The molecule has 0 saturated heterocycles. The number of halogens is 2.